The van der Waals surface area contributed by atoms with Gasteiger partial charge in [-0.25, -0.2) is 14.8 Å². The molecule has 0 spiro atoms. The maximum Gasteiger partial charge on any atom is 0.321 e. The fourth-order valence-electron chi connectivity index (χ4n) is 3.01. The van der Waals surface area contributed by atoms with Crippen LogP contribution >= 0.6 is 0 Å². The number of urea groups is 1. The normalized spacial score (nSPS) is 24.8. The Morgan fingerprint density at radius 2 is 1.95 bits per heavy atom. The van der Waals surface area contributed by atoms with Gasteiger partial charge in [0.1, 0.15) is 5.82 Å². The van der Waals surface area contributed by atoms with Gasteiger partial charge in [0.15, 0.2) is 0 Å². The Morgan fingerprint density at radius 1 is 1.27 bits per heavy atom. The number of hydrogen-bond acceptors (Lipinski definition) is 4. The number of carbonyl (C=O) groups excluding carboxylic acids is 1. The van der Waals surface area contributed by atoms with E-state index < -0.39 is 0 Å². The minimum Gasteiger partial charge on any atom is -0.393 e. The van der Waals surface area contributed by atoms with Gasteiger partial charge in [0.05, 0.1) is 24.2 Å². The van der Waals surface area contributed by atoms with Crippen LogP contribution in [0.4, 0.5) is 10.5 Å². The number of anilines is 1. The third-order valence-electron chi connectivity index (χ3n) is 4.59. The molecule has 0 aliphatic heterocycles. The molecule has 6 nitrogen and oxygen atoms in total. The lowest BCUT2D eigenvalue weighted by Gasteiger charge is -2.31. The molecule has 1 aromatic rings. The zero-order valence-corrected chi connectivity index (χ0v) is 13.0. The second kappa shape index (κ2) is 6.60. The lowest BCUT2D eigenvalue weighted by atomic mass is 9.86. The van der Waals surface area contributed by atoms with Crippen LogP contribution in [-0.2, 0) is 0 Å². The van der Waals surface area contributed by atoms with E-state index in [-0.39, 0.29) is 18.1 Å². The second-order valence-corrected chi connectivity index (χ2v) is 6.53. The Morgan fingerprint density at radius 3 is 2.59 bits per heavy atom. The number of rotatable bonds is 4. The van der Waals surface area contributed by atoms with Gasteiger partial charge >= 0.3 is 6.03 Å². The van der Waals surface area contributed by atoms with Crippen LogP contribution < -0.4 is 5.32 Å². The standard InChI is InChI=1S/C16H24N4O2/c1-20(10-12-4-2-3-5-14(12)21)16(22)19-13-8-17-15(18-9-13)11-6-7-11/h8-9,11-12,14,21H,2-7,10H2,1H3,(H,19,22). The van der Waals surface area contributed by atoms with Crippen molar-refractivity contribution in [1.29, 1.82) is 0 Å². The molecule has 2 aliphatic carbocycles. The quantitative estimate of drug-likeness (QED) is 0.895. The summed E-state index contributed by atoms with van der Waals surface area (Å²) in [7, 11) is 1.76. The summed E-state index contributed by atoms with van der Waals surface area (Å²) in [5.41, 5.74) is 0.616. The number of aliphatic hydroxyl groups excluding tert-OH is 1. The van der Waals surface area contributed by atoms with Crippen LogP contribution in [0.5, 0.6) is 0 Å². The Labute approximate surface area is 131 Å². The summed E-state index contributed by atoms with van der Waals surface area (Å²) in [6.45, 7) is 0.577. The predicted octanol–water partition coefficient (Wildman–Crippen LogP) is 2.37. The Kier molecular flexibility index (Phi) is 4.57. The minimum atomic E-state index is -0.287. The highest BCUT2D eigenvalue weighted by atomic mass is 16.3. The molecular weight excluding hydrogens is 280 g/mol. The van der Waals surface area contributed by atoms with Crippen LogP contribution in [-0.4, -0.2) is 45.7 Å². The number of nitrogens with one attached hydrogen (secondary N) is 1. The molecule has 0 radical (unpaired) electrons. The van der Waals surface area contributed by atoms with Crippen molar-refractivity contribution in [3.05, 3.63) is 18.2 Å². The van der Waals surface area contributed by atoms with E-state index in [1.807, 2.05) is 0 Å². The molecule has 120 valence electrons. The van der Waals surface area contributed by atoms with Crippen molar-refractivity contribution in [3.8, 4) is 0 Å². The molecule has 1 aromatic heterocycles. The second-order valence-electron chi connectivity index (χ2n) is 6.53. The van der Waals surface area contributed by atoms with Gasteiger partial charge in [-0.05, 0) is 25.7 Å². The van der Waals surface area contributed by atoms with E-state index in [0.717, 1.165) is 44.3 Å². The van der Waals surface area contributed by atoms with Crippen LogP contribution in [0.3, 0.4) is 0 Å². The fourth-order valence-corrected chi connectivity index (χ4v) is 3.01. The number of carbonyl (C=O) groups is 1. The van der Waals surface area contributed by atoms with Crippen LogP contribution in [0.1, 0.15) is 50.3 Å². The van der Waals surface area contributed by atoms with Crippen molar-refractivity contribution in [2.45, 2.75) is 50.5 Å². The van der Waals surface area contributed by atoms with Gasteiger partial charge in [-0.15, -0.1) is 0 Å². The van der Waals surface area contributed by atoms with Crippen LogP contribution in [0.25, 0.3) is 0 Å². The molecule has 2 unspecified atom stereocenters. The summed E-state index contributed by atoms with van der Waals surface area (Å²) in [5.74, 6) is 1.56. The van der Waals surface area contributed by atoms with Crippen molar-refractivity contribution in [3.63, 3.8) is 0 Å². The Hall–Kier alpha value is -1.69. The molecule has 22 heavy (non-hydrogen) atoms. The van der Waals surface area contributed by atoms with Crippen molar-refractivity contribution in [2.24, 2.45) is 5.92 Å². The summed E-state index contributed by atoms with van der Waals surface area (Å²) >= 11 is 0. The maximum absolute atomic E-state index is 12.2. The van der Waals surface area contributed by atoms with Crippen molar-refractivity contribution < 1.29 is 9.90 Å². The van der Waals surface area contributed by atoms with Crippen molar-refractivity contribution >= 4 is 11.7 Å². The molecule has 2 amide bonds. The Balaban J connectivity index is 1.51. The van der Waals surface area contributed by atoms with Gasteiger partial charge in [0, 0.05) is 25.4 Å². The van der Waals surface area contributed by atoms with Crippen LogP contribution in [0.15, 0.2) is 12.4 Å². The van der Waals surface area contributed by atoms with E-state index in [1.54, 1.807) is 24.3 Å². The van der Waals surface area contributed by atoms with E-state index in [1.165, 1.54) is 0 Å². The van der Waals surface area contributed by atoms with E-state index in [2.05, 4.69) is 15.3 Å². The number of nitrogens with zero attached hydrogens (tertiary/aromatic N) is 3. The number of amides is 2. The lowest BCUT2D eigenvalue weighted by molar-refractivity contribution is 0.0575. The number of aromatic nitrogens is 2. The SMILES string of the molecule is CN(CC1CCCCC1O)C(=O)Nc1cnc(C2CC2)nc1. The number of aliphatic hydroxyl groups is 1. The fraction of sp³-hybridized carbons (Fsp3) is 0.688. The highest BCUT2D eigenvalue weighted by molar-refractivity contribution is 5.88. The molecule has 0 saturated heterocycles. The first kappa shape index (κ1) is 15.2. The van der Waals surface area contributed by atoms with Gasteiger partial charge < -0.3 is 15.3 Å². The highest BCUT2D eigenvalue weighted by Gasteiger charge is 2.27. The Bertz CT molecular complexity index is 515. The van der Waals surface area contributed by atoms with Gasteiger partial charge in [-0.1, -0.05) is 12.8 Å². The summed E-state index contributed by atoms with van der Waals surface area (Å²) in [5, 5.41) is 12.8. The van der Waals surface area contributed by atoms with Gasteiger partial charge in [0.2, 0.25) is 0 Å². The van der Waals surface area contributed by atoms with E-state index in [9.17, 15) is 9.90 Å². The summed E-state index contributed by atoms with van der Waals surface area (Å²) in [6, 6.07) is -0.180. The molecule has 1 heterocycles. The summed E-state index contributed by atoms with van der Waals surface area (Å²) in [6.07, 6.45) is 9.42. The molecule has 2 fully saturated rings. The lowest BCUT2D eigenvalue weighted by Crippen LogP contribution is -2.40. The summed E-state index contributed by atoms with van der Waals surface area (Å²) in [4.78, 5) is 22.4. The molecule has 2 aliphatic rings. The molecule has 2 saturated carbocycles. The average molecular weight is 304 g/mol. The van der Waals surface area contributed by atoms with Gasteiger partial charge in [-0.2, -0.15) is 0 Å². The van der Waals surface area contributed by atoms with Crippen LogP contribution in [0, 0.1) is 5.92 Å². The molecule has 6 heteroatoms. The first-order chi connectivity index (χ1) is 10.6. The first-order valence-electron chi connectivity index (χ1n) is 8.15. The van der Waals surface area contributed by atoms with Crippen molar-refractivity contribution in [2.75, 3.05) is 18.9 Å². The molecule has 3 rings (SSSR count). The van der Waals surface area contributed by atoms with E-state index in [4.69, 9.17) is 0 Å². The average Bonchev–Trinajstić information content (AvgIpc) is 3.35. The smallest absolute Gasteiger partial charge is 0.321 e. The molecule has 0 bridgehead atoms. The van der Waals surface area contributed by atoms with Gasteiger partial charge in [-0.3, -0.25) is 0 Å². The molecular formula is C16H24N4O2. The molecule has 2 N–H and O–H groups in total. The van der Waals surface area contributed by atoms with Crippen molar-refractivity contribution in [1.82, 2.24) is 14.9 Å². The highest BCUT2D eigenvalue weighted by Crippen LogP contribution is 2.37. The third-order valence-corrected chi connectivity index (χ3v) is 4.59. The third kappa shape index (κ3) is 3.74. The summed E-state index contributed by atoms with van der Waals surface area (Å²) < 4.78 is 0. The van der Waals surface area contributed by atoms with Gasteiger partial charge in [0.25, 0.3) is 0 Å². The zero-order valence-electron chi connectivity index (χ0n) is 13.0. The molecule has 2 atom stereocenters. The maximum atomic E-state index is 12.2. The zero-order chi connectivity index (χ0) is 15.5. The topological polar surface area (TPSA) is 78.4 Å². The predicted molar refractivity (Wildman–Crippen MR) is 83.6 cm³/mol. The van der Waals surface area contributed by atoms with Crippen LogP contribution in [0.2, 0.25) is 0 Å². The first-order valence-corrected chi connectivity index (χ1v) is 8.15. The largest absolute Gasteiger partial charge is 0.393 e. The van der Waals surface area contributed by atoms with E-state index in [0.29, 0.717) is 18.2 Å². The number of hydrogen-bond donors (Lipinski definition) is 2. The minimum absolute atomic E-state index is 0.179. The molecule has 0 aromatic carbocycles. The monoisotopic (exact) mass is 304 g/mol. The van der Waals surface area contributed by atoms with E-state index >= 15 is 0 Å².